The van der Waals surface area contributed by atoms with E-state index in [4.69, 9.17) is 21.1 Å². The highest BCUT2D eigenvalue weighted by molar-refractivity contribution is 7.18. The van der Waals surface area contributed by atoms with Crippen molar-refractivity contribution in [3.8, 4) is 11.5 Å². The van der Waals surface area contributed by atoms with Crippen molar-refractivity contribution in [2.45, 2.75) is 6.54 Å². The van der Waals surface area contributed by atoms with E-state index < -0.39 is 0 Å². The summed E-state index contributed by atoms with van der Waals surface area (Å²) in [5.41, 5.74) is 1.49. The van der Waals surface area contributed by atoms with Crippen LogP contribution in [0.1, 0.15) is 5.01 Å². The van der Waals surface area contributed by atoms with Crippen LogP contribution < -0.4 is 14.8 Å². The zero-order valence-electron chi connectivity index (χ0n) is 15.3. The number of benzene rings is 2. The maximum atomic E-state index is 12.4. The summed E-state index contributed by atoms with van der Waals surface area (Å²) in [6.07, 6.45) is 0. The lowest BCUT2D eigenvalue weighted by molar-refractivity contribution is -0.117. The number of carbonyl (C=O) groups excluding carboxylic acids is 1. The van der Waals surface area contributed by atoms with Crippen molar-refractivity contribution in [2.24, 2.45) is 0 Å². The number of ether oxygens (including phenoxy) is 2. The third-order valence-corrected chi connectivity index (χ3v) is 5.22. The maximum Gasteiger partial charge on any atom is 0.238 e. The van der Waals surface area contributed by atoms with Crippen LogP contribution in [0.2, 0.25) is 5.02 Å². The zero-order valence-corrected chi connectivity index (χ0v) is 16.9. The number of fused-ring (bicyclic) bond motifs is 1. The number of halogens is 1. The average Bonchev–Trinajstić information content (AvgIpc) is 3.04. The average molecular weight is 406 g/mol. The van der Waals surface area contributed by atoms with E-state index in [0.29, 0.717) is 28.8 Å². The molecule has 0 radical (unpaired) electrons. The third-order valence-electron chi connectivity index (χ3n) is 3.90. The summed E-state index contributed by atoms with van der Waals surface area (Å²) in [5.74, 6) is 0.778. The second kappa shape index (κ2) is 8.56. The molecule has 0 atom stereocenters. The molecule has 0 aliphatic heterocycles. The number of thiazole rings is 1. The van der Waals surface area contributed by atoms with Gasteiger partial charge in [-0.15, -0.1) is 11.3 Å². The number of nitrogens with zero attached hydrogens (tertiary/aromatic N) is 2. The van der Waals surface area contributed by atoms with E-state index in [-0.39, 0.29) is 12.5 Å². The van der Waals surface area contributed by atoms with Crippen LogP contribution in [0.25, 0.3) is 10.2 Å². The first kappa shape index (κ1) is 19.4. The van der Waals surface area contributed by atoms with Crippen molar-refractivity contribution in [3.63, 3.8) is 0 Å². The molecular weight excluding hydrogens is 386 g/mol. The summed E-state index contributed by atoms with van der Waals surface area (Å²) in [7, 11) is 4.92. The van der Waals surface area contributed by atoms with E-state index in [1.54, 1.807) is 23.5 Å². The maximum absolute atomic E-state index is 12.4. The fourth-order valence-corrected chi connectivity index (χ4v) is 3.95. The molecule has 1 aromatic heterocycles. The monoisotopic (exact) mass is 405 g/mol. The van der Waals surface area contributed by atoms with Gasteiger partial charge in [0.15, 0.2) is 0 Å². The van der Waals surface area contributed by atoms with Crippen molar-refractivity contribution in [2.75, 3.05) is 33.1 Å². The molecule has 8 heteroatoms. The van der Waals surface area contributed by atoms with Gasteiger partial charge < -0.3 is 14.8 Å². The van der Waals surface area contributed by atoms with Gasteiger partial charge in [0.2, 0.25) is 5.91 Å². The predicted molar refractivity (Wildman–Crippen MR) is 109 cm³/mol. The van der Waals surface area contributed by atoms with Crippen LogP contribution in [0.15, 0.2) is 36.4 Å². The van der Waals surface area contributed by atoms with E-state index in [1.165, 1.54) is 14.2 Å². The molecule has 3 aromatic rings. The Morgan fingerprint density at radius 1 is 1.22 bits per heavy atom. The summed E-state index contributed by atoms with van der Waals surface area (Å²) in [6.45, 7) is 0.803. The molecule has 0 aliphatic rings. The molecule has 0 saturated carbocycles. The fourth-order valence-electron chi connectivity index (χ4n) is 2.67. The SMILES string of the molecule is COc1cc(NC(=O)CN(C)Cc2nc3ccccc3s2)c(OC)cc1Cl. The molecule has 0 fully saturated rings. The fraction of sp³-hybridized carbons (Fsp3) is 0.263. The highest BCUT2D eigenvalue weighted by atomic mass is 35.5. The summed E-state index contributed by atoms with van der Waals surface area (Å²) < 4.78 is 11.6. The molecule has 27 heavy (non-hydrogen) atoms. The van der Waals surface area contributed by atoms with Gasteiger partial charge in [-0.25, -0.2) is 4.98 Å². The van der Waals surface area contributed by atoms with E-state index in [1.807, 2.05) is 36.2 Å². The van der Waals surface area contributed by atoms with Gasteiger partial charge in [0.05, 0.1) is 48.2 Å². The van der Waals surface area contributed by atoms with Gasteiger partial charge in [-0.3, -0.25) is 9.69 Å². The van der Waals surface area contributed by atoms with Crippen LogP contribution in [0.3, 0.4) is 0 Å². The van der Waals surface area contributed by atoms with Gasteiger partial charge in [0.1, 0.15) is 16.5 Å². The molecule has 1 N–H and O–H groups in total. The van der Waals surface area contributed by atoms with E-state index in [9.17, 15) is 4.79 Å². The number of amides is 1. The number of likely N-dealkylation sites (N-methyl/N-ethyl adjacent to an activating group) is 1. The quantitative estimate of drug-likeness (QED) is 0.642. The van der Waals surface area contributed by atoms with Crippen LogP contribution in [0.4, 0.5) is 5.69 Å². The molecule has 3 rings (SSSR count). The molecule has 0 bridgehead atoms. The molecule has 2 aromatic carbocycles. The largest absolute Gasteiger partial charge is 0.495 e. The van der Waals surface area contributed by atoms with Gasteiger partial charge in [-0.2, -0.15) is 0 Å². The normalized spacial score (nSPS) is 11.0. The molecule has 0 saturated heterocycles. The second-order valence-electron chi connectivity index (χ2n) is 5.98. The van der Waals surface area contributed by atoms with Crippen molar-refractivity contribution < 1.29 is 14.3 Å². The summed E-state index contributed by atoms with van der Waals surface area (Å²) in [6, 6.07) is 11.3. The van der Waals surface area contributed by atoms with Crippen LogP contribution >= 0.6 is 22.9 Å². The second-order valence-corrected chi connectivity index (χ2v) is 7.51. The minimum Gasteiger partial charge on any atom is -0.495 e. The summed E-state index contributed by atoms with van der Waals surface area (Å²) >= 11 is 7.73. The molecule has 0 unspecified atom stereocenters. The van der Waals surface area contributed by atoms with Crippen molar-refractivity contribution in [1.29, 1.82) is 0 Å². The standard InChI is InChI=1S/C19H20ClN3O3S/c1-23(11-19-22-13-6-4-5-7-17(13)27-19)10-18(24)21-14-9-15(25-2)12(20)8-16(14)26-3/h4-9H,10-11H2,1-3H3,(H,21,24). The number of methoxy groups -OCH3 is 2. The topological polar surface area (TPSA) is 63.7 Å². The Labute approximate surface area is 166 Å². The number of nitrogens with one attached hydrogen (secondary N) is 1. The number of para-hydroxylation sites is 1. The van der Waals surface area contributed by atoms with E-state index >= 15 is 0 Å². The summed E-state index contributed by atoms with van der Waals surface area (Å²) in [4.78, 5) is 18.9. The van der Waals surface area contributed by atoms with Crippen LogP contribution in [0, 0.1) is 0 Å². The van der Waals surface area contributed by atoms with Crippen molar-refractivity contribution >= 4 is 44.7 Å². The first-order valence-corrected chi connectivity index (χ1v) is 9.44. The van der Waals surface area contributed by atoms with Gasteiger partial charge in [0.25, 0.3) is 0 Å². The third kappa shape index (κ3) is 4.68. The first-order chi connectivity index (χ1) is 13.0. The Bertz CT molecular complexity index is 928. The Balaban J connectivity index is 1.64. The molecular formula is C19H20ClN3O3S. The lowest BCUT2D eigenvalue weighted by atomic mass is 10.2. The number of carbonyl (C=O) groups is 1. The highest BCUT2D eigenvalue weighted by Crippen LogP contribution is 2.35. The molecule has 142 valence electrons. The van der Waals surface area contributed by atoms with Gasteiger partial charge in [-0.05, 0) is 19.2 Å². The Morgan fingerprint density at radius 2 is 1.96 bits per heavy atom. The molecule has 1 heterocycles. The van der Waals surface area contributed by atoms with Gasteiger partial charge >= 0.3 is 0 Å². The summed E-state index contributed by atoms with van der Waals surface area (Å²) in [5, 5.41) is 4.23. The van der Waals surface area contributed by atoms with Crippen molar-refractivity contribution in [1.82, 2.24) is 9.88 Å². The Morgan fingerprint density at radius 3 is 2.67 bits per heavy atom. The minimum atomic E-state index is -0.165. The van der Waals surface area contributed by atoms with Crippen LogP contribution in [-0.2, 0) is 11.3 Å². The number of hydrogen-bond donors (Lipinski definition) is 1. The van der Waals surface area contributed by atoms with Crippen molar-refractivity contribution in [3.05, 3.63) is 46.4 Å². The number of rotatable bonds is 7. The minimum absolute atomic E-state index is 0.165. The number of anilines is 1. The smallest absolute Gasteiger partial charge is 0.238 e. The molecule has 0 spiro atoms. The molecule has 6 nitrogen and oxygen atoms in total. The Kier molecular flexibility index (Phi) is 6.15. The van der Waals surface area contributed by atoms with Crippen LogP contribution in [0.5, 0.6) is 11.5 Å². The van der Waals surface area contributed by atoms with Gasteiger partial charge in [-0.1, -0.05) is 23.7 Å². The Hall–Kier alpha value is -2.35. The van der Waals surface area contributed by atoms with Gasteiger partial charge in [0, 0.05) is 12.1 Å². The molecule has 1 amide bonds. The predicted octanol–water partition coefficient (Wildman–Crippen LogP) is 4.04. The lowest BCUT2D eigenvalue weighted by Crippen LogP contribution is -2.29. The van der Waals surface area contributed by atoms with E-state index in [0.717, 1.165) is 15.2 Å². The highest BCUT2D eigenvalue weighted by Gasteiger charge is 2.15. The zero-order chi connectivity index (χ0) is 19.4. The lowest BCUT2D eigenvalue weighted by Gasteiger charge is -2.17. The first-order valence-electron chi connectivity index (χ1n) is 8.24. The van der Waals surface area contributed by atoms with E-state index in [2.05, 4.69) is 10.3 Å². The number of hydrogen-bond acceptors (Lipinski definition) is 6. The van der Waals surface area contributed by atoms with Crippen LogP contribution in [-0.4, -0.2) is 43.6 Å². The molecule has 0 aliphatic carbocycles. The number of aromatic nitrogens is 1.